The molecule has 3 aromatic rings. The molecule has 0 aliphatic carbocycles. The first-order chi connectivity index (χ1) is 14.2. The maximum Gasteiger partial charge on any atom is 0.289 e. The van der Waals surface area contributed by atoms with Crippen molar-refractivity contribution < 1.29 is 9.53 Å². The number of H-pyrrole nitrogens is 1. The molecule has 0 unspecified atom stereocenters. The molecule has 3 rings (SSSR count). The summed E-state index contributed by atoms with van der Waals surface area (Å²) >= 11 is 0. The Bertz CT molecular complexity index is 989. The Hall–Kier alpha value is -3.67. The number of hydrazone groups is 1. The average Bonchev–Trinajstić information content (AvgIpc) is 3.24. The van der Waals surface area contributed by atoms with Crippen molar-refractivity contribution in [2.24, 2.45) is 5.10 Å². The number of carbonyl (C=O) groups is 1. The Morgan fingerprint density at radius 2 is 1.93 bits per heavy atom. The van der Waals surface area contributed by atoms with Gasteiger partial charge in [0.05, 0.1) is 18.5 Å². The van der Waals surface area contributed by atoms with E-state index in [0.29, 0.717) is 18.0 Å². The Labute approximate surface area is 170 Å². The highest BCUT2D eigenvalue weighted by Crippen LogP contribution is 2.21. The molecule has 2 aromatic carbocycles. The summed E-state index contributed by atoms with van der Waals surface area (Å²) in [7, 11) is 0. The van der Waals surface area contributed by atoms with Crippen molar-refractivity contribution in [1.82, 2.24) is 15.6 Å². The molecule has 0 spiro atoms. The number of allylic oxidation sites excluding steroid dienone is 1. The van der Waals surface area contributed by atoms with E-state index < -0.39 is 0 Å². The van der Waals surface area contributed by atoms with Crippen LogP contribution in [-0.4, -0.2) is 28.9 Å². The van der Waals surface area contributed by atoms with Gasteiger partial charge in [0.25, 0.3) is 5.91 Å². The number of nitrogens with zero attached hydrogens (tertiary/aromatic N) is 2. The van der Waals surface area contributed by atoms with Gasteiger partial charge in [0, 0.05) is 5.56 Å². The first-order valence-electron chi connectivity index (χ1n) is 9.51. The van der Waals surface area contributed by atoms with Gasteiger partial charge >= 0.3 is 0 Å². The van der Waals surface area contributed by atoms with E-state index in [4.69, 9.17) is 4.74 Å². The van der Waals surface area contributed by atoms with Crippen LogP contribution in [0.1, 0.15) is 36.3 Å². The van der Waals surface area contributed by atoms with E-state index in [-0.39, 0.29) is 5.91 Å². The Morgan fingerprint density at radius 3 is 2.66 bits per heavy atom. The maximum atomic E-state index is 12.3. The molecule has 29 heavy (non-hydrogen) atoms. The summed E-state index contributed by atoms with van der Waals surface area (Å²) in [5.74, 6) is 0.466. The van der Waals surface area contributed by atoms with Crippen LogP contribution in [-0.2, 0) is 0 Å². The number of nitrogens with one attached hydrogen (secondary N) is 2. The van der Waals surface area contributed by atoms with Crippen molar-refractivity contribution in [1.29, 1.82) is 0 Å². The number of rotatable bonds is 8. The lowest BCUT2D eigenvalue weighted by Crippen LogP contribution is -2.17. The van der Waals surface area contributed by atoms with E-state index in [1.54, 1.807) is 12.3 Å². The van der Waals surface area contributed by atoms with Gasteiger partial charge in [0.2, 0.25) is 0 Å². The normalized spacial score (nSPS) is 11.6. The molecule has 0 aliphatic rings. The second-order valence-electron chi connectivity index (χ2n) is 6.54. The number of amides is 1. The van der Waals surface area contributed by atoms with Gasteiger partial charge in [0.15, 0.2) is 0 Å². The highest BCUT2D eigenvalue weighted by atomic mass is 16.5. The van der Waals surface area contributed by atoms with Crippen molar-refractivity contribution in [2.75, 3.05) is 6.61 Å². The molecular formula is C23H24N4O2. The van der Waals surface area contributed by atoms with Crippen LogP contribution in [0.4, 0.5) is 0 Å². The predicted octanol–water partition coefficient (Wildman–Crippen LogP) is 4.68. The fourth-order valence-corrected chi connectivity index (χ4v) is 2.63. The summed E-state index contributed by atoms with van der Waals surface area (Å²) in [6.07, 6.45) is 4.55. The molecule has 0 bridgehead atoms. The predicted molar refractivity (Wildman–Crippen MR) is 116 cm³/mol. The van der Waals surface area contributed by atoms with Crippen LogP contribution in [0, 0.1) is 0 Å². The molecule has 6 heteroatoms. The third-order valence-corrected chi connectivity index (χ3v) is 4.07. The average molecular weight is 388 g/mol. The molecule has 1 amide bonds. The SMILES string of the molecule is CCCOc1ccc(-c2cc(C(=O)N/N=C\C(C)=C\c3ccccc3)[nH]n2)cc1. The second kappa shape index (κ2) is 10.0. The Balaban J connectivity index is 1.58. The number of aromatic nitrogens is 2. The van der Waals surface area contributed by atoms with Gasteiger partial charge in [0.1, 0.15) is 11.4 Å². The van der Waals surface area contributed by atoms with Crippen LogP contribution in [0.15, 0.2) is 71.3 Å². The lowest BCUT2D eigenvalue weighted by molar-refractivity contribution is 0.0950. The topological polar surface area (TPSA) is 79.4 Å². The largest absolute Gasteiger partial charge is 0.494 e. The lowest BCUT2D eigenvalue weighted by atomic mass is 10.1. The molecular weight excluding hydrogens is 364 g/mol. The van der Waals surface area contributed by atoms with E-state index in [1.807, 2.05) is 67.6 Å². The van der Waals surface area contributed by atoms with Crippen LogP contribution in [0.5, 0.6) is 5.75 Å². The minimum Gasteiger partial charge on any atom is -0.494 e. The highest BCUT2D eigenvalue weighted by molar-refractivity contribution is 5.94. The van der Waals surface area contributed by atoms with Gasteiger partial charge in [-0.25, -0.2) is 5.43 Å². The van der Waals surface area contributed by atoms with E-state index >= 15 is 0 Å². The fourth-order valence-electron chi connectivity index (χ4n) is 2.63. The third-order valence-electron chi connectivity index (χ3n) is 4.07. The molecule has 1 aromatic heterocycles. The van der Waals surface area contributed by atoms with Crippen LogP contribution < -0.4 is 10.2 Å². The van der Waals surface area contributed by atoms with Crippen molar-refractivity contribution in [3.8, 4) is 17.0 Å². The monoisotopic (exact) mass is 388 g/mol. The quantitative estimate of drug-likeness (QED) is 0.434. The summed E-state index contributed by atoms with van der Waals surface area (Å²) in [6.45, 7) is 4.67. The third kappa shape index (κ3) is 5.90. The number of benzene rings is 2. The van der Waals surface area contributed by atoms with Crippen LogP contribution >= 0.6 is 0 Å². The van der Waals surface area contributed by atoms with E-state index in [0.717, 1.165) is 28.9 Å². The molecule has 6 nitrogen and oxygen atoms in total. The van der Waals surface area contributed by atoms with Gasteiger partial charge in [-0.15, -0.1) is 0 Å². The lowest BCUT2D eigenvalue weighted by Gasteiger charge is -2.04. The molecule has 0 radical (unpaired) electrons. The summed E-state index contributed by atoms with van der Waals surface area (Å²) in [4.78, 5) is 12.3. The van der Waals surface area contributed by atoms with Crippen molar-refractivity contribution in [3.05, 3.63) is 77.5 Å². The fraction of sp³-hybridized carbons (Fsp3) is 0.174. The first-order valence-corrected chi connectivity index (χ1v) is 9.51. The molecule has 148 valence electrons. The zero-order valence-electron chi connectivity index (χ0n) is 16.6. The summed E-state index contributed by atoms with van der Waals surface area (Å²) < 4.78 is 5.58. The zero-order valence-corrected chi connectivity index (χ0v) is 16.6. The minimum atomic E-state index is -0.351. The molecule has 0 saturated heterocycles. The zero-order chi connectivity index (χ0) is 20.5. The number of aromatic amines is 1. The molecule has 0 fully saturated rings. The minimum absolute atomic E-state index is 0.341. The van der Waals surface area contributed by atoms with Crippen molar-refractivity contribution >= 4 is 18.2 Å². The van der Waals surface area contributed by atoms with Gasteiger partial charge < -0.3 is 4.74 Å². The molecule has 2 N–H and O–H groups in total. The maximum absolute atomic E-state index is 12.3. The van der Waals surface area contributed by atoms with Crippen LogP contribution in [0.3, 0.4) is 0 Å². The number of hydrogen-bond donors (Lipinski definition) is 2. The van der Waals surface area contributed by atoms with Gasteiger partial charge in [-0.05, 0) is 54.8 Å². The molecule has 1 heterocycles. The second-order valence-corrected chi connectivity index (χ2v) is 6.54. The standard InChI is InChI=1S/C23H24N4O2/c1-3-13-29-20-11-9-19(10-12-20)21-15-22(26-25-21)23(28)27-24-16-17(2)14-18-7-5-4-6-8-18/h4-12,14-16H,3,13H2,1-2H3,(H,25,26)(H,27,28)/b17-14+,24-16-. The van der Waals surface area contributed by atoms with Crippen molar-refractivity contribution in [3.63, 3.8) is 0 Å². The van der Waals surface area contributed by atoms with E-state index in [1.165, 1.54) is 0 Å². The summed E-state index contributed by atoms with van der Waals surface area (Å²) in [5.41, 5.74) is 6.43. The van der Waals surface area contributed by atoms with Gasteiger partial charge in [-0.1, -0.05) is 43.3 Å². The number of ether oxygens (including phenoxy) is 1. The Morgan fingerprint density at radius 1 is 1.17 bits per heavy atom. The number of carbonyl (C=O) groups excluding carboxylic acids is 1. The van der Waals surface area contributed by atoms with Crippen molar-refractivity contribution in [2.45, 2.75) is 20.3 Å². The van der Waals surface area contributed by atoms with Gasteiger partial charge in [-0.3, -0.25) is 9.89 Å². The molecule has 0 aliphatic heterocycles. The van der Waals surface area contributed by atoms with E-state index in [9.17, 15) is 4.79 Å². The first kappa shape index (κ1) is 20.1. The molecule has 0 saturated carbocycles. The van der Waals surface area contributed by atoms with E-state index in [2.05, 4.69) is 27.6 Å². The Kier molecular flexibility index (Phi) is 6.95. The summed E-state index contributed by atoms with van der Waals surface area (Å²) in [6, 6.07) is 19.2. The summed E-state index contributed by atoms with van der Waals surface area (Å²) in [5, 5.41) is 11.0. The smallest absolute Gasteiger partial charge is 0.289 e. The van der Waals surface area contributed by atoms with Crippen LogP contribution in [0.25, 0.3) is 17.3 Å². The number of hydrogen-bond acceptors (Lipinski definition) is 4. The highest BCUT2D eigenvalue weighted by Gasteiger charge is 2.10. The van der Waals surface area contributed by atoms with Crippen LogP contribution in [0.2, 0.25) is 0 Å². The molecule has 0 atom stereocenters. The van der Waals surface area contributed by atoms with Gasteiger partial charge in [-0.2, -0.15) is 10.2 Å².